The molecule has 4 heterocycles. The topological polar surface area (TPSA) is 84.5 Å². The van der Waals surface area contributed by atoms with Gasteiger partial charge in [0.25, 0.3) is 5.56 Å². The summed E-state index contributed by atoms with van der Waals surface area (Å²) in [6.45, 7) is 6.20. The second-order valence-corrected chi connectivity index (χ2v) is 7.99. The molecule has 1 aliphatic rings. The van der Waals surface area contributed by atoms with Gasteiger partial charge in [-0.05, 0) is 30.4 Å². The molecule has 0 bridgehead atoms. The van der Waals surface area contributed by atoms with Crippen molar-refractivity contribution < 1.29 is 4.79 Å². The van der Waals surface area contributed by atoms with Crippen LogP contribution in [0.25, 0.3) is 5.65 Å². The summed E-state index contributed by atoms with van der Waals surface area (Å²) >= 11 is 0. The minimum absolute atomic E-state index is 0.133. The summed E-state index contributed by atoms with van der Waals surface area (Å²) in [5.41, 5.74) is 1.41. The molecule has 0 radical (unpaired) electrons. The van der Waals surface area contributed by atoms with Gasteiger partial charge >= 0.3 is 0 Å². The van der Waals surface area contributed by atoms with E-state index < -0.39 is 0 Å². The van der Waals surface area contributed by atoms with E-state index in [1.165, 1.54) is 10.7 Å². The lowest BCUT2D eigenvalue weighted by atomic mass is 9.83. The van der Waals surface area contributed by atoms with Crippen LogP contribution in [0.4, 0.5) is 11.5 Å². The molecular weight excluding hydrogens is 356 g/mol. The molecule has 0 saturated carbocycles. The summed E-state index contributed by atoms with van der Waals surface area (Å²) < 4.78 is 3.07. The van der Waals surface area contributed by atoms with E-state index in [0.29, 0.717) is 11.1 Å². The Hall–Kier alpha value is -3.16. The second kappa shape index (κ2) is 7.10. The van der Waals surface area contributed by atoms with Crippen molar-refractivity contribution in [3.8, 4) is 0 Å². The van der Waals surface area contributed by atoms with E-state index in [0.717, 1.165) is 37.4 Å². The average Bonchev–Trinajstić information content (AvgIpc) is 3.11. The first-order valence-electron chi connectivity index (χ1n) is 9.45. The third-order valence-electron chi connectivity index (χ3n) is 5.27. The predicted molar refractivity (Wildman–Crippen MR) is 108 cm³/mol. The molecule has 146 valence electrons. The van der Waals surface area contributed by atoms with Crippen molar-refractivity contribution in [3.05, 3.63) is 53.2 Å². The van der Waals surface area contributed by atoms with Crippen LogP contribution in [-0.4, -0.2) is 38.2 Å². The van der Waals surface area contributed by atoms with Crippen molar-refractivity contribution in [2.75, 3.05) is 23.3 Å². The van der Waals surface area contributed by atoms with Gasteiger partial charge in [0.1, 0.15) is 18.0 Å². The zero-order valence-electron chi connectivity index (χ0n) is 16.1. The van der Waals surface area contributed by atoms with Crippen molar-refractivity contribution in [2.24, 2.45) is 5.41 Å². The van der Waals surface area contributed by atoms with Crippen LogP contribution in [-0.2, 0) is 11.3 Å². The number of fused-ring (bicyclic) bond motifs is 1. The van der Waals surface area contributed by atoms with Gasteiger partial charge in [-0.25, -0.2) is 9.67 Å². The fourth-order valence-corrected chi connectivity index (χ4v) is 3.39. The molecule has 3 aromatic heterocycles. The number of anilines is 2. The van der Waals surface area contributed by atoms with Crippen molar-refractivity contribution in [1.82, 2.24) is 19.2 Å². The van der Waals surface area contributed by atoms with E-state index in [1.807, 2.05) is 16.8 Å². The molecule has 1 aliphatic heterocycles. The number of imidazole rings is 1. The van der Waals surface area contributed by atoms with Gasteiger partial charge in [-0.3, -0.25) is 9.59 Å². The monoisotopic (exact) mass is 380 g/mol. The van der Waals surface area contributed by atoms with Crippen LogP contribution in [0, 0.1) is 5.41 Å². The number of pyridine rings is 1. The van der Waals surface area contributed by atoms with E-state index in [9.17, 15) is 9.59 Å². The van der Waals surface area contributed by atoms with E-state index >= 15 is 0 Å². The Morgan fingerprint density at radius 1 is 1.18 bits per heavy atom. The molecule has 8 nitrogen and oxygen atoms in total. The smallest absolute Gasteiger partial charge is 0.267 e. The molecule has 0 atom stereocenters. The van der Waals surface area contributed by atoms with Crippen LogP contribution in [0.3, 0.4) is 0 Å². The van der Waals surface area contributed by atoms with Gasteiger partial charge in [0.05, 0.1) is 0 Å². The third-order valence-corrected chi connectivity index (χ3v) is 5.27. The summed E-state index contributed by atoms with van der Waals surface area (Å²) in [6.07, 6.45) is 7.49. The van der Waals surface area contributed by atoms with Crippen LogP contribution >= 0.6 is 0 Å². The van der Waals surface area contributed by atoms with Gasteiger partial charge in [0, 0.05) is 49.5 Å². The maximum absolute atomic E-state index is 12.4. The molecule has 0 aromatic carbocycles. The highest BCUT2D eigenvalue weighted by molar-refractivity contribution is 5.90. The fraction of sp³-hybridized carbons (Fsp3) is 0.400. The normalized spacial score (nSPS) is 16.3. The summed E-state index contributed by atoms with van der Waals surface area (Å²) in [4.78, 5) is 31.0. The van der Waals surface area contributed by atoms with Crippen LogP contribution < -0.4 is 15.8 Å². The first-order chi connectivity index (χ1) is 13.4. The van der Waals surface area contributed by atoms with E-state index in [-0.39, 0.29) is 18.0 Å². The third kappa shape index (κ3) is 3.90. The molecule has 0 unspecified atom stereocenters. The Balaban J connectivity index is 1.46. The molecule has 1 N–H and O–H groups in total. The minimum Gasteiger partial charge on any atom is -0.355 e. The predicted octanol–water partition coefficient (Wildman–Crippen LogP) is 2.16. The number of carbonyl (C=O) groups is 1. The zero-order valence-corrected chi connectivity index (χ0v) is 16.1. The number of aromatic nitrogens is 4. The van der Waals surface area contributed by atoms with Crippen molar-refractivity contribution in [3.63, 3.8) is 0 Å². The summed E-state index contributed by atoms with van der Waals surface area (Å²) in [5, 5.41) is 7.22. The highest BCUT2D eigenvalue weighted by atomic mass is 16.2. The summed E-state index contributed by atoms with van der Waals surface area (Å²) in [6, 6.07) is 6.78. The maximum Gasteiger partial charge on any atom is 0.267 e. The summed E-state index contributed by atoms with van der Waals surface area (Å²) in [7, 11) is 0. The van der Waals surface area contributed by atoms with Gasteiger partial charge in [-0.1, -0.05) is 13.8 Å². The van der Waals surface area contributed by atoms with Gasteiger partial charge in [0.15, 0.2) is 0 Å². The number of nitrogens with zero attached hydrogens (tertiary/aromatic N) is 5. The minimum atomic E-state index is -0.303. The highest BCUT2D eigenvalue weighted by Crippen LogP contribution is 2.31. The SMILES string of the molecule is CC1(C)CCN(c2ccc(=O)n(CC(=O)Nc3ccn4ccnc4c3)n2)CC1. The van der Waals surface area contributed by atoms with Crippen molar-refractivity contribution in [2.45, 2.75) is 33.2 Å². The van der Waals surface area contributed by atoms with Crippen LogP contribution in [0.1, 0.15) is 26.7 Å². The van der Waals surface area contributed by atoms with Crippen LogP contribution in [0.5, 0.6) is 0 Å². The number of amides is 1. The second-order valence-electron chi connectivity index (χ2n) is 7.99. The molecular formula is C20H24N6O2. The Morgan fingerprint density at radius 2 is 1.96 bits per heavy atom. The number of carbonyl (C=O) groups excluding carboxylic acids is 1. The molecule has 1 fully saturated rings. The highest BCUT2D eigenvalue weighted by Gasteiger charge is 2.26. The van der Waals surface area contributed by atoms with E-state index in [2.05, 4.69) is 34.1 Å². The fourth-order valence-electron chi connectivity index (χ4n) is 3.39. The van der Waals surface area contributed by atoms with E-state index in [4.69, 9.17) is 0 Å². The van der Waals surface area contributed by atoms with E-state index in [1.54, 1.807) is 24.4 Å². The standard InChI is InChI=1S/C20H24N6O2/c1-20(2)6-10-25(11-7-20)16-3-4-19(28)26(23-16)14-18(27)22-15-5-9-24-12-8-21-17(24)13-15/h3-5,8-9,12-13H,6-7,10-11,14H2,1-2H3,(H,22,27). The quantitative estimate of drug-likeness (QED) is 0.750. The number of hydrogen-bond donors (Lipinski definition) is 1. The van der Waals surface area contributed by atoms with Gasteiger partial charge in [-0.2, -0.15) is 5.10 Å². The summed E-state index contributed by atoms with van der Waals surface area (Å²) in [5.74, 6) is 0.434. The van der Waals surface area contributed by atoms with Crippen LogP contribution in [0.2, 0.25) is 0 Å². The molecule has 1 saturated heterocycles. The number of piperidine rings is 1. The van der Waals surface area contributed by atoms with Gasteiger partial charge in [0.2, 0.25) is 5.91 Å². The maximum atomic E-state index is 12.4. The average molecular weight is 380 g/mol. The largest absolute Gasteiger partial charge is 0.355 e. The molecule has 1 amide bonds. The molecule has 8 heteroatoms. The molecule has 0 spiro atoms. The molecule has 0 aliphatic carbocycles. The zero-order chi connectivity index (χ0) is 19.7. The number of rotatable bonds is 4. The molecule has 4 rings (SSSR count). The number of hydrogen-bond acceptors (Lipinski definition) is 5. The lowest BCUT2D eigenvalue weighted by Crippen LogP contribution is -2.39. The first-order valence-corrected chi connectivity index (χ1v) is 9.45. The lowest BCUT2D eigenvalue weighted by molar-refractivity contribution is -0.117. The van der Waals surface area contributed by atoms with Crippen LogP contribution in [0.15, 0.2) is 47.7 Å². The Morgan fingerprint density at radius 3 is 2.75 bits per heavy atom. The lowest BCUT2D eigenvalue weighted by Gasteiger charge is -2.37. The number of nitrogens with one attached hydrogen (secondary N) is 1. The Kier molecular flexibility index (Phi) is 4.62. The Bertz CT molecular complexity index is 1060. The molecule has 3 aromatic rings. The molecule has 28 heavy (non-hydrogen) atoms. The Labute approximate surface area is 162 Å². The first kappa shape index (κ1) is 18.2. The van der Waals surface area contributed by atoms with Crippen molar-refractivity contribution >= 4 is 23.1 Å². The van der Waals surface area contributed by atoms with Crippen molar-refractivity contribution in [1.29, 1.82) is 0 Å². The van der Waals surface area contributed by atoms with Gasteiger partial charge < -0.3 is 14.6 Å². The van der Waals surface area contributed by atoms with Gasteiger partial charge in [-0.15, -0.1) is 0 Å².